The lowest BCUT2D eigenvalue weighted by atomic mass is 10.1. The standard InChI is InChI=1S/C8H7Br2F2N/c1-4-6(2-9)13-3-5(10)7(4)8(11)12/h3,8H,2H2,1H3. The van der Waals surface area contributed by atoms with E-state index in [9.17, 15) is 8.78 Å². The van der Waals surface area contributed by atoms with Gasteiger partial charge < -0.3 is 0 Å². The number of hydrogen-bond donors (Lipinski definition) is 0. The lowest BCUT2D eigenvalue weighted by Gasteiger charge is -2.09. The van der Waals surface area contributed by atoms with E-state index in [0.717, 1.165) is 0 Å². The number of aromatic nitrogens is 1. The summed E-state index contributed by atoms with van der Waals surface area (Å²) in [7, 11) is 0. The molecule has 72 valence electrons. The molecule has 0 aliphatic heterocycles. The SMILES string of the molecule is Cc1c(CBr)ncc(Br)c1C(F)F. The maximum Gasteiger partial charge on any atom is 0.265 e. The molecule has 1 rings (SSSR count). The van der Waals surface area contributed by atoms with Crippen molar-refractivity contribution >= 4 is 31.9 Å². The van der Waals surface area contributed by atoms with Crippen LogP contribution in [0.3, 0.4) is 0 Å². The van der Waals surface area contributed by atoms with E-state index in [1.165, 1.54) is 6.20 Å². The summed E-state index contributed by atoms with van der Waals surface area (Å²) in [5.41, 5.74) is 1.23. The highest BCUT2D eigenvalue weighted by atomic mass is 79.9. The Bertz CT molecular complexity index is 315. The van der Waals surface area contributed by atoms with Crippen LogP contribution in [-0.4, -0.2) is 4.98 Å². The zero-order chi connectivity index (χ0) is 10.0. The van der Waals surface area contributed by atoms with Crippen LogP contribution in [0.1, 0.15) is 23.2 Å². The van der Waals surface area contributed by atoms with Crippen LogP contribution in [0.2, 0.25) is 0 Å². The van der Waals surface area contributed by atoms with Gasteiger partial charge in [-0.05, 0) is 28.4 Å². The molecule has 1 nitrogen and oxygen atoms in total. The Kier molecular flexibility index (Phi) is 3.79. The van der Waals surface area contributed by atoms with E-state index in [2.05, 4.69) is 36.8 Å². The van der Waals surface area contributed by atoms with Gasteiger partial charge in [0.2, 0.25) is 0 Å². The molecular weight excluding hydrogens is 308 g/mol. The Hall–Kier alpha value is -0.0300. The molecule has 0 atom stereocenters. The summed E-state index contributed by atoms with van der Waals surface area (Å²) in [6.45, 7) is 1.65. The predicted molar refractivity (Wildman–Crippen MR) is 54.3 cm³/mol. The summed E-state index contributed by atoms with van der Waals surface area (Å²) in [4.78, 5) is 4.01. The molecule has 13 heavy (non-hydrogen) atoms. The van der Waals surface area contributed by atoms with Crippen LogP contribution in [0, 0.1) is 6.92 Å². The molecule has 1 aromatic rings. The van der Waals surface area contributed by atoms with Gasteiger partial charge in [-0.2, -0.15) is 0 Å². The number of rotatable bonds is 2. The van der Waals surface area contributed by atoms with Crippen molar-refractivity contribution < 1.29 is 8.78 Å². The Morgan fingerprint density at radius 3 is 2.62 bits per heavy atom. The lowest BCUT2D eigenvalue weighted by molar-refractivity contribution is 0.149. The van der Waals surface area contributed by atoms with Crippen molar-refractivity contribution in [2.45, 2.75) is 18.7 Å². The van der Waals surface area contributed by atoms with E-state index in [0.29, 0.717) is 21.1 Å². The molecule has 5 heteroatoms. The monoisotopic (exact) mass is 313 g/mol. The van der Waals surface area contributed by atoms with Gasteiger partial charge in [-0.25, -0.2) is 8.78 Å². The summed E-state index contributed by atoms with van der Waals surface area (Å²) < 4.78 is 25.4. The van der Waals surface area contributed by atoms with E-state index in [-0.39, 0.29) is 5.56 Å². The predicted octanol–water partition coefficient (Wildman–Crippen LogP) is 3.99. The van der Waals surface area contributed by atoms with Crippen LogP contribution < -0.4 is 0 Å². The second-order valence-corrected chi connectivity index (χ2v) is 3.94. The molecule has 0 radical (unpaired) electrons. The van der Waals surface area contributed by atoms with Crippen molar-refractivity contribution in [3.63, 3.8) is 0 Å². The van der Waals surface area contributed by atoms with Crippen LogP contribution in [0.25, 0.3) is 0 Å². The van der Waals surface area contributed by atoms with E-state index >= 15 is 0 Å². The fraction of sp³-hybridized carbons (Fsp3) is 0.375. The second kappa shape index (κ2) is 4.46. The van der Waals surface area contributed by atoms with Crippen molar-refractivity contribution in [1.29, 1.82) is 0 Å². The van der Waals surface area contributed by atoms with Gasteiger partial charge in [-0.3, -0.25) is 4.98 Å². The Labute approximate surface area is 91.8 Å². The molecule has 0 unspecified atom stereocenters. The molecule has 0 aliphatic rings. The zero-order valence-electron chi connectivity index (χ0n) is 6.82. The average molecular weight is 315 g/mol. The summed E-state index contributed by atoms with van der Waals surface area (Å²) >= 11 is 6.25. The minimum Gasteiger partial charge on any atom is -0.259 e. The molecule has 0 aromatic carbocycles. The van der Waals surface area contributed by atoms with Crippen LogP contribution in [-0.2, 0) is 5.33 Å². The minimum atomic E-state index is -2.46. The molecule has 0 saturated heterocycles. The highest BCUT2D eigenvalue weighted by molar-refractivity contribution is 9.10. The molecule has 0 spiro atoms. The zero-order valence-corrected chi connectivity index (χ0v) is 9.99. The minimum absolute atomic E-state index is 0.0319. The van der Waals surface area contributed by atoms with Gasteiger partial charge in [-0.1, -0.05) is 15.9 Å². The quantitative estimate of drug-likeness (QED) is 0.752. The average Bonchev–Trinajstić information content (AvgIpc) is 2.04. The topological polar surface area (TPSA) is 12.9 Å². The molecule has 0 amide bonds. The first-order valence-electron chi connectivity index (χ1n) is 3.56. The third-order valence-corrected chi connectivity index (χ3v) is 2.94. The lowest BCUT2D eigenvalue weighted by Crippen LogP contribution is -1.98. The number of nitrogens with zero attached hydrogens (tertiary/aromatic N) is 1. The van der Waals surface area contributed by atoms with E-state index in [1.807, 2.05) is 0 Å². The summed E-state index contributed by atoms with van der Waals surface area (Å²) in [5.74, 6) is 0. The first-order chi connectivity index (χ1) is 6.07. The summed E-state index contributed by atoms with van der Waals surface area (Å²) in [5, 5.41) is 0.492. The van der Waals surface area contributed by atoms with E-state index in [4.69, 9.17) is 0 Å². The van der Waals surface area contributed by atoms with Gasteiger partial charge in [0.1, 0.15) is 0 Å². The summed E-state index contributed by atoms with van der Waals surface area (Å²) in [6, 6.07) is 0. The molecule has 1 heterocycles. The second-order valence-electron chi connectivity index (χ2n) is 2.53. The first kappa shape index (κ1) is 11.0. The Morgan fingerprint density at radius 1 is 1.54 bits per heavy atom. The number of halogens is 4. The third-order valence-electron chi connectivity index (χ3n) is 1.77. The molecule has 0 fully saturated rings. The highest BCUT2D eigenvalue weighted by Gasteiger charge is 2.17. The summed E-state index contributed by atoms with van der Waals surface area (Å²) in [6.07, 6.45) is -1.05. The highest BCUT2D eigenvalue weighted by Crippen LogP contribution is 2.31. The van der Waals surface area contributed by atoms with Crippen LogP contribution >= 0.6 is 31.9 Å². The maximum absolute atomic E-state index is 12.5. The Balaban J connectivity index is 3.30. The number of pyridine rings is 1. The van der Waals surface area contributed by atoms with Gasteiger partial charge in [0.05, 0.1) is 5.69 Å². The van der Waals surface area contributed by atoms with Crippen molar-refractivity contribution in [2.75, 3.05) is 0 Å². The molecule has 1 aromatic heterocycles. The fourth-order valence-corrected chi connectivity index (χ4v) is 2.18. The molecular formula is C8H7Br2F2N. The maximum atomic E-state index is 12.5. The van der Waals surface area contributed by atoms with Crippen LogP contribution in [0.5, 0.6) is 0 Å². The van der Waals surface area contributed by atoms with Gasteiger partial charge in [0.25, 0.3) is 6.43 Å². The molecule has 0 N–H and O–H groups in total. The first-order valence-corrected chi connectivity index (χ1v) is 5.47. The van der Waals surface area contributed by atoms with Gasteiger partial charge in [0, 0.05) is 21.6 Å². The van der Waals surface area contributed by atoms with E-state index in [1.54, 1.807) is 6.92 Å². The van der Waals surface area contributed by atoms with Crippen molar-refractivity contribution in [3.8, 4) is 0 Å². The van der Waals surface area contributed by atoms with Crippen molar-refractivity contribution in [2.24, 2.45) is 0 Å². The van der Waals surface area contributed by atoms with Crippen molar-refractivity contribution in [1.82, 2.24) is 4.98 Å². The van der Waals surface area contributed by atoms with E-state index < -0.39 is 6.43 Å². The largest absolute Gasteiger partial charge is 0.265 e. The van der Waals surface area contributed by atoms with Gasteiger partial charge in [-0.15, -0.1) is 0 Å². The van der Waals surface area contributed by atoms with Crippen molar-refractivity contribution in [3.05, 3.63) is 27.5 Å². The third kappa shape index (κ3) is 2.26. The normalized spacial score (nSPS) is 10.9. The smallest absolute Gasteiger partial charge is 0.259 e. The number of alkyl halides is 3. The van der Waals surface area contributed by atoms with Crippen LogP contribution in [0.4, 0.5) is 8.78 Å². The molecule has 0 bridgehead atoms. The van der Waals surface area contributed by atoms with Gasteiger partial charge in [0.15, 0.2) is 0 Å². The molecule has 0 saturated carbocycles. The van der Waals surface area contributed by atoms with Gasteiger partial charge >= 0.3 is 0 Å². The Morgan fingerprint density at radius 2 is 2.15 bits per heavy atom. The van der Waals surface area contributed by atoms with Crippen LogP contribution in [0.15, 0.2) is 10.7 Å². The molecule has 0 aliphatic carbocycles. The number of hydrogen-bond acceptors (Lipinski definition) is 1. The fourth-order valence-electron chi connectivity index (χ4n) is 1.04.